The van der Waals surface area contributed by atoms with E-state index in [2.05, 4.69) is 26.5 Å². The van der Waals surface area contributed by atoms with Crippen molar-refractivity contribution in [3.05, 3.63) is 62.1 Å². The third-order valence-corrected chi connectivity index (χ3v) is 3.55. The van der Waals surface area contributed by atoms with E-state index in [1.165, 1.54) is 0 Å². The van der Waals surface area contributed by atoms with Crippen molar-refractivity contribution in [2.75, 3.05) is 6.61 Å². The van der Waals surface area contributed by atoms with Crippen LogP contribution in [0.15, 0.2) is 46.0 Å². The molecule has 0 spiro atoms. The van der Waals surface area contributed by atoms with Crippen LogP contribution in [0, 0.1) is 10.1 Å². The van der Waals surface area contributed by atoms with E-state index < -0.39 is 10.8 Å². The highest BCUT2D eigenvalue weighted by Gasteiger charge is 2.16. The van der Waals surface area contributed by atoms with Gasteiger partial charge in [-0.25, -0.2) is 5.43 Å². The number of carbonyl (C=O) groups excluding carboxylic acids is 1. The number of benzene rings is 2. The van der Waals surface area contributed by atoms with Crippen LogP contribution < -0.4 is 10.2 Å². The Balaban J connectivity index is 2.22. The molecule has 0 radical (unpaired) electrons. The van der Waals surface area contributed by atoms with E-state index in [0.717, 1.165) is 22.8 Å². The lowest BCUT2D eigenvalue weighted by Crippen LogP contribution is -2.17. The van der Waals surface area contributed by atoms with Gasteiger partial charge in [0.2, 0.25) is 0 Å². The highest BCUT2D eigenvalue weighted by molar-refractivity contribution is 9.10. The third kappa shape index (κ3) is 4.77. The first kappa shape index (κ1) is 18.4. The van der Waals surface area contributed by atoms with Crippen LogP contribution >= 0.6 is 15.9 Å². The summed E-state index contributed by atoms with van der Waals surface area (Å²) < 4.78 is 5.91. The van der Waals surface area contributed by atoms with Gasteiger partial charge in [-0.05, 0) is 25.1 Å². The van der Waals surface area contributed by atoms with Crippen LogP contribution in [-0.4, -0.2) is 28.8 Å². The van der Waals surface area contributed by atoms with Crippen LogP contribution in [0.3, 0.4) is 0 Å². The number of amides is 1. The molecule has 130 valence electrons. The van der Waals surface area contributed by atoms with Crippen LogP contribution in [0.1, 0.15) is 22.8 Å². The summed E-state index contributed by atoms with van der Waals surface area (Å²) in [6.45, 7) is 1.91. The molecular formula is C16H14BrN3O5. The Labute approximate surface area is 151 Å². The van der Waals surface area contributed by atoms with E-state index >= 15 is 0 Å². The zero-order valence-corrected chi connectivity index (χ0v) is 14.7. The summed E-state index contributed by atoms with van der Waals surface area (Å²) in [7, 11) is 0. The van der Waals surface area contributed by atoms with E-state index in [-0.39, 0.29) is 29.4 Å². The quantitative estimate of drug-likeness (QED) is 0.433. The molecule has 0 aliphatic rings. The summed E-state index contributed by atoms with van der Waals surface area (Å²) >= 11 is 3.26. The number of hydrogen-bond acceptors (Lipinski definition) is 6. The number of phenolic OH excluding ortho intramolecular Hbond substituents is 1. The number of hydrazone groups is 1. The van der Waals surface area contributed by atoms with Crippen LogP contribution in [0.25, 0.3) is 0 Å². The Kier molecular flexibility index (Phi) is 6.07. The maximum absolute atomic E-state index is 12.0. The Morgan fingerprint density at radius 1 is 1.44 bits per heavy atom. The van der Waals surface area contributed by atoms with E-state index in [0.29, 0.717) is 5.56 Å². The molecule has 1 amide bonds. The lowest BCUT2D eigenvalue weighted by atomic mass is 10.1. The van der Waals surface area contributed by atoms with Crippen LogP contribution in [-0.2, 0) is 0 Å². The molecule has 0 saturated carbocycles. The smallest absolute Gasteiger partial charge is 0.274 e. The zero-order valence-electron chi connectivity index (χ0n) is 13.1. The maximum Gasteiger partial charge on any atom is 0.274 e. The minimum absolute atomic E-state index is 0.0310. The SMILES string of the molecule is CCOc1cc([N+](=O)[O-])cc(/C=N/NC(=O)c2cccc(Br)c2)c1O. The van der Waals surface area contributed by atoms with Gasteiger partial charge in [0.25, 0.3) is 11.6 Å². The summed E-state index contributed by atoms with van der Waals surface area (Å²) in [4.78, 5) is 22.3. The van der Waals surface area contributed by atoms with Gasteiger partial charge in [0, 0.05) is 21.7 Å². The normalized spacial score (nSPS) is 10.6. The second kappa shape index (κ2) is 8.25. The van der Waals surface area contributed by atoms with Crippen molar-refractivity contribution >= 4 is 33.7 Å². The number of carbonyl (C=O) groups is 1. The molecule has 0 saturated heterocycles. The lowest BCUT2D eigenvalue weighted by molar-refractivity contribution is -0.385. The number of phenols is 1. The molecule has 0 fully saturated rings. The number of aromatic hydroxyl groups is 1. The largest absolute Gasteiger partial charge is 0.504 e. The average molecular weight is 408 g/mol. The molecular weight excluding hydrogens is 394 g/mol. The van der Waals surface area contributed by atoms with Gasteiger partial charge in [-0.1, -0.05) is 22.0 Å². The zero-order chi connectivity index (χ0) is 18.4. The highest BCUT2D eigenvalue weighted by Crippen LogP contribution is 2.33. The van der Waals surface area contributed by atoms with E-state index in [1.54, 1.807) is 31.2 Å². The molecule has 25 heavy (non-hydrogen) atoms. The number of hydrogen-bond donors (Lipinski definition) is 2. The van der Waals surface area contributed by atoms with Crippen molar-refractivity contribution in [3.63, 3.8) is 0 Å². The maximum atomic E-state index is 12.0. The molecule has 0 atom stereocenters. The minimum Gasteiger partial charge on any atom is -0.504 e. The fraction of sp³-hybridized carbons (Fsp3) is 0.125. The van der Waals surface area contributed by atoms with Crippen molar-refractivity contribution in [1.82, 2.24) is 5.43 Å². The number of rotatable bonds is 6. The third-order valence-electron chi connectivity index (χ3n) is 3.06. The average Bonchev–Trinajstić information content (AvgIpc) is 2.57. The number of non-ortho nitro benzene ring substituents is 1. The molecule has 0 unspecified atom stereocenters. The Bertz CT molecular complexity index is 839. The fourth-order valence-corrected chi connectivity index (χ4v) is 2.34. The minimum atomic E-state index is -0.612. The van der Waals surface area contributed by atoms with E-state index in [9.17, 15) is 20.0 Å². The van der Waals surface area contributed by atoms with Crippen LogP contribution in [0.4, 0.5) is 5.69 Å². The standard InChI is InChI=1S/C16H14BrN3O5/c1-2-25-14-8-13(20(23)24)7-11(15(14)21)9-18-19-16(22)10-4-3-5-12(17)6-10/h3-9,21H,2H2,1H3,(H,19,22)/b18-9+. The van der Waals surface area contributed by atoms with Crippen molar-refractivity contribution < 1.29 is 19.6 Å². The predicted octanol–water partition coefficient (Wildman–Crippen LogP) is 3.23. The number of nitrogens with one attached hydrogen (secondary N) is 1. The van der Waals surface area contributed by atoms with E-state index in [1.807, 2.05) is 0 Å². The summed E-state index contributed by atoms with van der Waals surface area (Å²) in [5.74, 6) is -0.795. The van der Waals surface area contributed by atoms with Crippen molar-refractivity contribution in [2.24, 2.45) is 5.10 Å². The number of ether oxygens (including phenoxy) is 1. The molecule has 8 nitrogen and oxygen atoms in total. The summed E-state index contributed by atoms with van der Waals surface area (Å²) in [5, 5.41) is 24.8. The van der Waals surface area contributed by atoms with Gasteiger partial charge >= 0.3 is 0 Å². The van der Waals surface area contributed by atoms with Crippen molar-refractivity contribution in [1.29, 1.82) is 0 Å². The van der Waals surface area contributed by atoms with Crippen molar-refractivity contribution in [3.8, 4) is 11.5 Å². The van der Waals surface area contributed by atoms with Gasteiger partial charge in [0.1, 0.15) is 0 Å². The molecule has 9 heteroatoms. The fourth-order valence-electron chi connectivity index (χ4n) is 1.94. The monoisotopic (exact) mass is 407 g/mol. The summed E-state index contributed by atoms with van der Waals surface area (Å²) in [6, 6.07) is 8.94. The number of nitro benzene ring substituents is 1. The molecule has 2 N–H and O–H groups in total. The topological polar surface area (TPSA) is 114 Å². The molecule has 2 aromatic rings. The first-order valence-corrected chi connectivity index (χ1v) is 7.94. The molecule has 2 rings (SSSR count). The second-order valence-electron chi connectivity index (χ2n) is 4.78. The van der Waals surface area contributed by atoms with Gasteiger partial charge in [0.15, 0.2) is 11.5 Å². The van der Waals surface area contributed by atoms with Gasteiger partial charge in [-0.2, -0.15) is 5.10 Å². The van der Waals surface area contributed by atoms with Crippen LogP contribution in [0.5, 0.6) is 11.5 Å². The number of halogens is 1. The Morgan fingerprint density at radius 3 is 2.84 bits per heavy atom. The van der Waals surface area contributed by atoms with Gasteiger partial charge < -0.3 is 9.84 Å². The van der Waals surface area contributed by atoms with Gasteiger partial charge in [-0.3, -0.25) is 14.9 Å². The Morgan fingerprint density at radius 2 is 2.20 bits per heavy atom. The number of nitro groups is 1. The molecule has 0 heterocycles. The second-order valence-corrected chi connectivity index (χ2v) is 5.70. The summed E-state index contributed by atoms with van der Waals surface area (Å²) in [6.07, 6.45) is 1.11. The lowest BCUT2D eigenvalue weighted by Gasteiger charge is -2.08. The molecule has 0 aliphatic heterocycles. The first-order chi connectivity index (χ1) is 11.9. The van der Waals surface area contributed by atoms with E-state index in [4.69, 9.17) is 4.74 Å². The summed E-state index contributed by atoms with van der Waals surface area (Å²) in [5.41, 5.74) is 2.45. The van der Waals surface area contributed by atoms with Crippen LogP contribution in [0.2, 0.25) is 0 Å². The molecule has 0 aliphatic carbocycles. The molecule has 2 aromatic carbocycles. The van der Waals surface area contributed by atoms with Gasteiger partial charge in [0.05, 0.1) is 23.8 Å². The van der Waals surface area contributed by atoms with Gasteiger partial charge in [-0.15, -0.1) is 0 Å². The molecule has 0 aromatic heterocycles. The highest BCUT2D eigenvalue weighted by atomic mass is 79.9. The predicted molar refractivity (Wildman–Crippen MR) is 95.1 cm³/mol. The number of nitrogens with zero attached hydrogens (tertiary/aromatic N) is 2. The molecule has 0 bridgehead atoms. The first-order valence-electron chi connectivity index (χ1n) is 7.15. The van der Waals surface area contributed by atoms with Crippen molar-refractivity contribution in [2.45, 2.75) is 6.92 Å². The Hall–Kier alpha value is -2.94.